The average molecular weight is 277 g/mol. The van der Waals surface area contributed by atoms with Crippen LogP contribution in [0.25, 0.3) is 10.8 Å². The average Bonchev–Trinajstić information content (AvgIpc) is 2.54. The highest BCUT2D eigenvalue weighted by molar-refractivity contribution is 5.87. The van der Waals surface area contributed by atoms with Gasteiger partial charge in [0.25, 0.3) is 0 Å². The van der Waals surface area contributed by atoms with E-state index >= 15 is 0 Å². The lowest BCUT2D eigenvalue weighted by atomic mass is 10.0. The van der Waals surface area contributed by atoms with Gasteiger partial charge in [0.15, 0.2) is 0 Å². The SMILES string of the molecule is Oc1ccc2ccccc2c1CNCCc1ccccc1. The van der Waals surface area contributed by atoms with E-state index in [1.165, 1.54) is 5.56 Å². The smallest absolute Gasteiger partial charge is 0.120 e. The Morgan fingerprint density at radius 1 is 0.810 bits per heavy atom. The van der Waals surface area contributed by atoms with Gasteiger partial charge in [-0.15, -0.1) is 0 Å². The molecule has 21 heavy (non-hydrogen) atoms. The first-order valence-electron chi connectivity index (χ1n) is 7.29. The first-order chi connectivity index (χ1) is 10.3. The largest absolute Gasteiger partial charge is 0.508 e. The number of hydrogen-bond acceptors (Lipinski definition) is 2. The highest BCUT2D eigenvalue weighted by atomic mass is 16.3. The van der Waals surface area contributed by atoms with Gasteiger partial charge in [0.05, 0.1) is 0 Å². The number of fused-ring (bicyclic) bond motifs is 1. The maximum Gasteiger partial charge on any atom is 0.120 e. The molecule has 0 atom stereocenters. The molecule has 3 rings (SSSR count). The van der Waals surface area contributed by atoms with E-state index in [2.05, 4.69) is 41.7 Å². The zero-order chi connectivity index (χ0) is 14.5. The van der Waals surface area contributed by atoms with Crippen LogP contribution in [0.2, 0.25) is 0 Å². The lowest BCUT2D eigenvalue weighted by Crippen LogP contribution is -2.17. The van der Waals surface area contributed by atoms with Gasteiger partial charge in [-0.2, -0.15) is 0 Å². The molecule has 2 N–H and O–H groups in total. The predicted molar refractivity (Wildman–Crippen MR) is 87.5 cm³/mol. The maximum atomic E-state index is 10.1. The normalized spacial score (nSPS) is 10.9. The molecule has 3 aromatic rings. The number of benzene rings is 3. The van der Waals surface area contributed by atoms with Gasteiger partial charge in [-0.3, -0.25) is 0 Å². The minimum Gasteiger partial charge on any atom is -0.508 e. The second-order valence-electron chi connectivity index (χ2n) is 5.20. The lowest BCUT2D eigenvalue weighted by molar-refractivity contribution is 0.466. The molecule has 0 spiro atoms. The summed E-state index contributed by atoms with van der Waals surface area (Å²) < 4.78 is 0. The number of phenols is 1. The molecular formula is C19H19NO. The number of nitrogens with one attached hydrogen (secondary N) is 1. The Hall–Kier alpha value is -2.32. The lowest BCUT2D eigenvalue weighted by Gasteiger charge is -2.10. The van der Waals surface area contributed by atoms with Crippen molar-refractivity contribution in [3.63, 3.8) is 0 Å². The summed E-state index contributed by atoms with van der Waals surface area (Å²) in [5.41, 5.74) is 2.30. The summed E-state index contributed by atoms with van der Waals surface area (Å²) in [7, 11) is 0. The molecule has 0 heterocycles. The fourth-order valence-corrected chi connectivity index (χ4v) is 2.60. The van der Waals surface area contributed by atoms with Crippen molar-refractivity contribution in [3.05, 3.63) is 77.9 Å². The van der Waals surface area contributed by atoms with Crippen LogP contribution in [0.1, 0.15) is 11.1 Å². The van der Waals surface area contributed by atoms with E-state index < -0.39 is 0 Å². The highest BCUT2D eigenvalue weighted by Crippen LogP contribution is 2.26. The Balaban J connectivity index is 1.67. The molecule has 0 fully saturated rings. The molecular weight excluding hydrogens is 258 g/mol. The van der Waals surface area contributed by atoms with E-state index in [1.807, 2.05) is 24.3 Å². The zero-order valence-corrected chi connectivity index (χ0v) is 11.9. The van der Waals surface area contributed by atoms with Gasteiger partial charge in [0.2, 0.25) is 0 Å². The monoisotopic (exact) mass is 277 g/mol. The van der Waals surface area contributed by atoms with Crippen molar-refractivity contribution in [2.75, 3.05) is 6.54 Å². The summed E-state index contributed by atoms with van der Waals surface area (Å²) in [6.45, 7) is 1.58. The summed E-state index contributed by atoms with van der Waals surface area (Å²) in [4.78, 5) is 0. The summed E-state index contributed by atoms with van der Waals surface area (Å²) in [5, 5.41) is 15.8. The number of phenolic OH excluding ortho intramolecular Hbond substituents is 1. The molecule has 0 radical (unpaired) electrons. The van der Waals surface area contributed by atoms with Gasteiger partial charge in [0, 0.05) is 12.1 Å². The van der Waals surface area contributed by atoms with Crippen molar-refractivity contribution in [2.24, 2.45) is 0 Å². The van der Waals surface area contributed by atoms with Crippen molar-refractivity contribution in [1.29, 1.82) is 0 Å². The van der Waals surface area contributed by atoms with E-state index in [0.29, 0.717) is 12.3 Å². The van der Waals surface area contributed by atoms with Gasteiger partial charge >= 0.3 is 0 Å². The minimum atomic E-state index is 0.362. The molecule has 2 heteroatoms. The van der Waals surface area contributed by atoms with E-state index in [0.717, 1.165) is 29.3 Å². The molecule has 0 saturated heterocycles. The molecule has 0 unspecified atom stereocenters. The van der Waals surface area contributed by atoms with Crippen molar-refractivity contribution in [1.82, 2.24) is 5.32 Å². The highest BCUT2D eigenvalue weighted by Gasteiger charge is 2.06. The topological polar surface area (TPSA) is 32.3 Å². The Morgan fingerprint density at radius 2 is 1.57 bits per heavy atom. The van der Waals surface area contributed by atoms with E-state index in [-0.39, 0.29) is 0 Å². The summed E-state index contributed by atoms with van der Waals surface area (Å²) in [6.07, 6.45) is 0.992. The van der Waals surface area contributed by atoms with Gasteiger partial charge in [-0.1, -0.05) is 60.7 Å². The molecule has 0 aromatic heterocycles. The molecule has 2 nitrogen and oxygen atoms in total. The Bertz CT molecular complexity index is 722. The number of hydrogen-bond donors (Lipinski definition) is 2. The van der Waals surface area contributed by atoms with Crippen LogP contribution in [-0.4, -0.2) is 11.7 Å². The molecule has 0 amide bonds. The minimum absolute atomic E-state index is 0.362. The second kappa shape index (κ2) is 6.42. The van der Waals surface area contributed by atoms with Crippen molar-refractivity contribution < 1.29 is 5.11 Å². The predicted octanol–water partition coefficient (Wildman–Crippen LogP) is 3.88. The summed E-state index contributed by atoms with van der Waals surface area (Å²) in [6, 6.07) is 22.3. The second-order valence-corrected chi connectivity index (χ2v) is 5.20. The van der Waals surface area contributed by atoms with Crippen LogP contribution in [0, 0.1) is 0 Å². The Kier molecular flexibility index (Phi) is 4.17. The van der Waals surface area contributed by atoms with Crippen molar-refractivity contribution >= 4 is 10.8 Å². The summed E-state index contributed by atoms with van der Waals surface area (Å²) >= 11 is 0. The van der Waals surface area contributed by atoms with E-state index in [1.54, 1.807) is 6.07 Å². The third-order valence-corrected chi connectivity index (χ3v) is 3.75. The molecule has 0 bridgehead atoms. The van der Waals surface area contributed by atoms with Crippen LogP contribution in [0.5, 0.6) is 5.75 Å². The van der Waals surface area contributed by atoms with Gasteiger partial charge < -0.3 is 10.4 Å². The molecule has 3 aromatic carbocycles. The first-order valence-corrected chi connectivity index (χ1v) is 7.29. The molecule has 106 valence electrons. The van der Waals surface area contributed by atoms with Gasteiger partial charge in [-0.05, 0) is 35.4 Å². The fourth-order valence-electron chi connectivity index (χ4n) is 2.60. The van der Waals surface area contributed by atoms with Crippen LogP contribution in [0.3, 0.4) is 0 Å². The third-order valence-electron chi connectivity index (χ3n) is 3.75. The van der Waals surface area contributed by atoms with E-state index in [4.69, 9.17) is 0 Å². The standard InChI is InChI=1S/C19H19NO/c21-19-11-10-16-8-4-5-9-17(16)18(19)14-20-13-12-15-6-2-1-3-7-15/h1-11,20-21H,12-14H2. The third kappa shape index (κ3) is 3.23. The van der Waals surface area contributed by atoms with Gasteiger partial charge in [-0.25, -0.2) is 0 Å². The van der Waals surface area contributed by atoms with Crippen molar-refractivity contribution in [2.45, 2.75) is 13.0 Å². The van der Waals surface area contributed by atoms with Crippen LogP contribution in [0.4, 0.5) is 0 Å². The number of aromatic hydroxyl groups is 1. The molecule has 0 aliphatic heterocycles. The van der Waals surface area contributed by atoms with Crippen molar-refractivity contribution in [3.8, 4) is 5.75 Å². The van der Waals surface area contributed by atoms with Crippen LogP contribution >= 0.6 is 0 Å². The van der Waals surface area contributed by atoms with Crippen LogP contribution < -0.4 is 5.32 Å². The molecule has 0 saturated carbocycles. The molecule has 0 aliphatic carbocycles. The van der Waals surface area contributed by atoms with Gasteiger partial charge in [0.1, 0.15) is 5.75 Å². The van der Waals surface area contributed by atoms with Crippen LogP contribution in [0.15, 0.2) is 66.7 Å². The fraction of sp³-hybridized carbons (Fsp3) is 0.158. The van der Waals surface area contributed by atoms with E-state index in [9.17, 15) is 5.11 Å². The zero-order valence-electron chi connectivity index (χ0n) is 11.9. The van der Waals surface area contributed by atoms with Crippen LogP contribution in [-0.2, 0) is 13.0 Å². The quantitative estimate of drug-likeness (QED) is 0.694. The number of rotatable bonds is 5. The Morgan fingerprint density at radius 3 is 2.43 bits per heavy atom. The summed E-state index contributed by atoms with van der Waals surface area (Å²) in [5.74, 6) is 0.362. The first kappa shape index (κ1) is 13.7. The molecule has 0 aliphatic rings. The maximum absolute atomic E-state index is 10.1. The Labute approximate surface area is 125 Å².